The largest absolute Gasteiger partial charge is 0.340 e. The molecule has 1 saturated heterocycles. The van der Waals surface area contributed by atoms with Crippen LogP contribution in [0.5, 0.6) is 0 Å². The number of aromatic nitrogens is 3. The molecule has 0 saturated carbocycles. The molecule has 5 nitrogen and oxygen atoms in total. The fourth-order valence-corrected chi connectivity index (χ4v) is 3.32. The van der Waals surface area contributed by atoms with Crippen molar-refractivity contribution in [1.82, 2.24) is 19.9 Å². The van der Waals surface area contributed by atoms with E-state index in [0.717, 1.165) is 23.9 Å². The lowest BCUT2D eigenvalue weighted by Crippen LogP contribution is -2.30. The Balaban J connectivity index is 1.50. The lowest BCUT2D eigenvalue weighted by Gasteiger charge is -2.17. The number of carbonyl (C=O) groups is 1. The minimum absolute atomic E-state index is 0.184. The van der Waals surface area contributed by atoms with E-state index in [1.54, 1.807) is 6.20 Å². The fourth-order valence-electron chi connectivity index (χ4n) is 3.32. The normalized spacial score (nSPS) is 17.7. The number of nitrogens with zero attached hydrogens (tertiary/aromatic N) is 4. The van der Waals surface area contributed by atoms with Gasteiger partial charge in [0, 0.05) is 19.3 Å². The van der Waals surface area contributed by atoms with Crippen LogP contribution in [0.4, 0.5) is 0 Å². The van der Waals surface area contributed by atoms with E-state index >= 15 is 0 Å². The van der Waals surface area contributed by atoms with Gasteiger partial charge in [0.2, 0.25) is 5.91 Å². The Morgan fingerprint density at radius 3 is 2.91 bits per heavy atom. The molecule has 23 heavy (non-hydrogen) atoms. The first kappa shape index (κ1) is 13.9. The van der Waals surface area contributed by atoms with Crippen LogP contribution in [0, 0.1) is 0 Å². The second-order valence-corrected chi connectivity index (χ2v) is 5.98. The lowest BCUT2D eigenvalue weighted by atomic mass is 10.0. The number of rotatable bonds is 3. The van der Waals surface area contributed by atoms with Crippen molar-refractivity contribution in [2.45, 2.75) is 18.9 Å². The molecule has 1 aromatic heterocycles. The van der Waals surface area contributed by atoms with Crippen LogP contribution in [0.2, 0.25) is 0 Å². The van der Waals surface area contributed by atoms with E-state index < -0.39 is 0 Å². The average Bonchev–Trinajstić information content (AvgIpc) is 3.26. The summed E-state index contributed by atoms with van der Waals surface area (Å²) in [6.45, 7) is 1.50. The maximum absolute atomic E-state index is 12.7. The third-order valence-corrected chi connectivity index (χ3v) is 4.55. The van der Waals surface area contributed by atoms with Crippen molar-refractivity contribution in [2.24, 2.45) is 0 Å². The molecule has 2 heterocycles. The zero-order chi connectivity index (χ0) is 15.6. The van der Waals surface area contributed by atoms with E-state index in [0.29, 0.717) is 13.0 Å². The number of hydrogen-bond acceptors (Lipinski definition) is 3. The second-order valence-electron chi connectivity index (χ2n) is 5.98. The van der Waals surface area contributed by atoms with Gasteiger partial charge < -0.3 is 4.90 Å². The van der Waals surface area contributed by atoms with Gasteiger partial charge in [-0.15, -0.1) is 5.10 Å². The van der Waals surface area contributed by atoms with Gasteiger partial charge in [0.05, 0.1) is 18.7 Å². The highest BCUT2D eigenvalue weighted by Gasteiger charge is 2.27. The van der Waals surface area contributed by atoms with Gasteiger partial charge in [-0.25, -0.2) is 4.68 Å². The van der Waals surface area contributed by atoms with Crippen molar-refractivity contribution < 1.29 is 4.79 Å². The summed E-state index contributed by atoms with van der Waals surface area (Å²) in [6.07, 6.45) is 4.93. The van der Waals surface area contributed by atoms with Gasteiger partial charge in [0.15, 0.2) is 0 Å². The molecule has 0 N–H and O–H groups in total. The summed E-state index contributed by atoms with van der Waals surface area (Å²) in [5, 5.41) is 10.2. The Morgan fingerprint density at radius 2 is 2.04 bits per heavy atom. The maximum atomic E-state index is 12.7. The quantitative estimate of drug-likeness (QED) is 0.747. The van der Waals surface area contributed by atoms with Crippen LogP contribution in [0.15, 0.2) is 54.9 Å². The average molecular weight is 306 g/mol. The zero-order valence-electron chi connectivity index (χ0n) is 12.8. The monoisotopic (exact) mass is 306 g/mol. The molecule has 1 aliphatic rings. The molecule has 3 aromatic rings. The summed E-state index contributed by atoms with van der Waals surface area (Å²) in [7, 11) is 0. The minimum atomic E-state index is 0.184. The smallest absolute Gasteiger partial charge is 0.227 e. The molecular weight excluding hydrogens is 288 g/mol. The van der Waals surface area contributed by atoms with E-state index in [9.17, 15) is 4.79 Å². The molecule has 116 valence electrons. The topological polar surface area (TPSA) is 51.0 Å². The van der Waals surface area contributed by atoms with Crippen molar-refractivity contribution in [2.75, 3.05) is 13.1 Å². The predicted octanol–water partition coefficient (Wildman–Crippen LogP) is 2.45. The predicted molar refractivity (Wildman–Crippen MR) is 87.9 cm³/mol. The molecule has 1 atom stereocenters. The highest BCUT2D eigenvalue weighted by molar-refractivity contribution is 5.90. The first-order valence-electron chi connectivity index (χ1n) is 7.91. The standard InChI is InChI=1S/C18H18N4O/c23-18(21-10-8-16(13-21)22-11-9-19-20-22)12-15-6-3-5-14-4-1-2-7-17(14)15/h1-7,9,11,16H,8,10,12-13H2. The molecule has 1 amide bonds. The number of fused-ring (bicyclic) bond motifs is 1. The van der Waals surface area contributed by atoms with E-state index in [1.807, 2.05) is 40.0 Å². The number of amides is 1. The molecule has 0 radical (unpaired) electrons. The molecule has 2 aromatic carbocycles. The fraction of sp³-hybridized carbons (Fsp3) is 0.278. The van der Waals surface area contributed by atoms with Crippen molar-refractivity contribution in [3.63, 3.8) is 0 Å². The summed E-state index contributed by atoms with van der Waals surface area (Å²) >= 11 is 0. The molecule has 1 unspecified atom stereocenters. The first-order valence-corrected chi connectivity index (χ1v) is 7.91. The Labute approximate surface area is 134 Å². The van der Waals surface area contributed by atoms with Crippen LogP contribution in [-0.4, -0.2) is 38.9 Å². The summed E-state index contributed by atoms with van der Waals surface area (Å²) in [4.78, 5) is 14.6. The SMILES string of the molecule is O=C(Cc1cccc2ccccc12)N1CCC(n2ccnn2)C1. The molecule has 0 bridgehead atoms. The summed E-state index contributed by atoms with van der Waals surface area (Å²) in [5.41, 5.74) is 1.09. The van der Waals surface area contributed by atoms with Gasteiger partial charge in [0.25, 0.3) is 0 Å². The van der Waals surface area contributed by atoms with Crippen LogP contribution < -0.4 is 0 Å². The van der Waals surface area contributed by atoms with Gasteiger partial charge in [-0.05, 0) is 22.8 Å². The maximum Gasteiger partial charge on any atom is 0.227 e. The zero-order valence-corrected chi connectivity index (χ0v) is 12.8. The lowest BCUT2D eigenvalue weighted by molar-refractivity contribution is -0.129. The van der Waals surface area contributed by atoms with E-state index in [-0.39, 0.29) is 11.9 Å². The van der Waals surface area contributed by atoms with Gasteiger partial charge >= 0.3 is 0 Å². The minimum Gasteiger partial charge on any atom is -0.340 e. The van der Waals surface area contributed by atoms with E-state index in [4.69, 9.17) is 0 Å². The van der Waals surface area contributed by atoms with Crippen molar-refractivity contribution in [3.05, 3.63) is 60.4 Å². The van der Waals surface area contributed by atoms with Crippen LogP contribution in [0.3, 0.4) is 0 Å². The summed E-state index contributed by atoms with van der Waals surface area (Å²) in [5.74, 6) is 0.184. The van der Waals surface area contributed by atoms with Crippen LogP contribution in [0.1, 0.15) is 18.0 Å². The number of carbonyl (C=O) groups excluding carboxylic acids is 1. The Bertz CT molecular complexity index is 823. The Morgan fingerprint density at radius 1 is 1.17 bits per heavy atom. The van der Waals surface area contributed by atoms with Gasteiger partial charge in [-0.2, -0.15) is 0 Å². The number of likely N-dealkylation sites (tertiary alicyclic amines) is 1. The Kier molecular flexibility index (Phi) is 3.54. The van der Waals surface area contributed by atoms with E-state index in [2.05, 4.69) is 28.5 Å². The first-order chi connectivity index (χ1) is 11.3. The molecule has 0 aliphatic carbocycles. The molecule has 4 rings (SSSR count). The third-order valence-electron chi connectivity index (χ3n) is 4.55. The van der Waals surface area contributed by atoms with Crippen LogP contribution >= 0.6 is 0 Å². The van der Waals surface area contributed by atoms with Gasteiger partial charge in [-0.1, -0.05) is 47.7 Å². The van der Waals surface area contributed by atoms with E-state index in [1.165, 1.54) is 5.39 Å². The molecule has 1 aliphatic heterocycles. The third kappa shape index (κ3) is 2.70. The van der Waals surface area contributed by atoms with Crippen molar-refractivity contribution in [1.29, 1.82) is 0 Å². The van der Waals surface area contributed by atoms with Gasteiger partial charge in [-0.3, -0.25) is 4.79 Å². The molecule has 1 fully saturated rings. The molecular formula is C18H18N4O. The molecule has 5 heteroatoms. The number of hydrogen-bond donors (Lipinski definition) is 0. The second kappa shape index (κ2) is 5.83. The van der Waals surface area contributed by atoms with Crippen molar-refractivity contribution >= 4 is 16.7 Å². The van der Waals surface area contributed by atoms with Crippen LogP contribution in [0.25, 0.3) is 10.8 Å². The molecule has 0 spiro atoms. The van der Waals surface area contributed by atoms with Crippen molar-refractivity contribution in [3.8, 4) is 0 Å². The van der Waals surface area contributed by atoms with Gasteiger partial charge in [0.1, 0.15) is 0 Å². The highest BCUT2D eigenvalue weighted by atomic mass is 16.2. The van der Waals surface area contributed by atoms with Crippen LogP contribution in [-0.2, 0) is 11.2 Å². The Hall–Kier alpha value is -2.69. The summed E-state index contributed by atoms with van der Waals surface area (Å²) in [6, 6.07) is 14.6. The highest BCUT2D eigenvalue weighted by Crippen LogP contribution is 2.23. The number of benzene rings is 2. The summed E-state index contributed by atoms with van der Waals surface area (Å²) < 4.78 is 1.85.